The zero-order valence-electron chi connectivity index (χ0n) is 9.16. The van der Waals surface area contributed by atoms with Gasteiger partial charge in [-0.1, -0.05) is 15.9 Å². The van der Waals surface area contributed by atoms with Gasteiger partial charge in [-0.3, -0.25) is 4.79 Å². The first kappa shape index (κ1) is 13.3. The van der Waals surface area contributed by atoms with E-state index in [0.29, 0.717) is 15.5 Å². The summed E-state index contributed by atoms with van der Waals surface area (Å²) >= 11 is 6.38. The normalized spacial score (nSPS) is 10.6. The zero-order chi connectivity index (χ0) is 13.3. The van der Waals surface area contributed by atoms with Gasteiger partial charge in [0.1, 0.15) is 5.82 Å². The topological polar surface area (TPSA) is 48.0 Å². The Morgan fingerprint density at radius 2 is 1.94 bits per heavy atom. The number of rotatable bonds is 2. The number of hydrogen-bond acceptors (Lipinski definition) is 2. The lowest BCUT2D eigenvalue weighted by molar-refractivity contribution is 0.622. The number of nitrogens with zero attached hydrogens (tertiary/aromatic N) is 1. The summed E-state index contributed by atoms with van der Waals surface area (Å²) in [5.41, 5.74) is 6.27. The first-order chi connectivity index (χ1) is 8.45. The average molecular weight is 376 g/mol. The van der Waals surface area contributed by atoms with Gasteiger partial charge < -0.3 is 10.3 Å². The van der Waals surface area contributed by atoms with Gasteiger partial charge >= 0.3 is 0 Å². The molecule has 6 heteroatoms. The Balaban J connectivity index is 2.37. The molecule has 0 amide bonds. The van der Waals surface area contributed by atoms with Crippen LogP contribution in [0.1, 0.15) is 5.56 Å². The maximum Gasteiger partial charge on any atom is 0.218 e. The van der Waals surface area contributed by atoms with E-state index in [1.165, 1.54) is 18.3 Å². The van der Waals surface area contributed by atoms with Gasteiger partial charge in [0, 0.05) is 23.4 Å². The van der Waals surface area contributed by atoms with Gasteiger partial charge in [0.2, 0.25) is 5.43 Å². The Morgan fingerprint density at radius 3 is 2.56 bits per heavy atom. The van der Waals surface area contributed by atoms with Crippen molar-refractivity contribution in [2.24, 2.45) is 0 Å². The molecule has 0 saturated carbocycles. The quantitative estimate of drug-likeness (QED) is 0.876. The van der Waals surface area contributed by atoms with Gasteiger partial charge in [-0.2, -0.15) is 0 Å². The minimum atomic E-state index is -0.313. The number of hydrogen-bond donors (Lipinski definition) is 1. The summed E-state index contributed by atoms with van der Waals surface area (Å²) in [5, 5.41) is 0. The molecule has 0 aliphatic carbocycles. The molecule has 18 heavy (non-hydrogen) atoms. The van der Waals surface area contributed by atoms with Crippen LogP contribution in [0.15, 0.2) is 44.3 Å². The van der Waals surface area contributed by atoms with Gasteiger partial charge in [-0.25, -0.2) is 4.39 Å². The van der Waals surface area contributed by atoms with E-state index in [4.69, 9.17) is 5.73 Å². The SMILES string of the molecule is Nc1cn(Cc2cc(F)cc(Br)c2)cc(Br)c1=O. The molecule has 1 aromatic carbocycles. The van der Waals surface area contributed by atoms with Crippen molar-refractivity contribution in [1.82, 2.24) is 4.57 Å². The number of halogens is 3. The van der Waals surface area contributed by atoms with Crippen molar-refractivity contribution >= 4 is 37.5 Å². The molecule has 0 spiro atoms. The molecule has 0 atom stereocenters. The molecule has 94 valence electrons. The Bertz CT molecular complexity index is 609. The molecule has 0 unspecified atom stereocenters. The molecule has 0 radical (unpaired) electrons. The zero-order valence-corrected chi connectivity index (χ0v) is 12.3. The molecule has 3 nitrogen and oxygen atoms in total. The maximum atomic E-state index is 13.2. The largest absolute Gasteiger partial charge is 0.394 e. The second-order valence-electron chi connectivity index (χ2n) is 3.84. The van der Waals surface area contributed by atoms with Crippen LogP contribution in [0.2, 0.25) is 0 Å². The molecule has 0 bridgehead atoms. The summed E-state index contributed by atoms with van der Waals surface area (Å²) in [5.74, 6) is -0.313. The molecule has 0 fully saturated rings. The fraction of sp³-hybridized carbons (Fsp3) is 0.0833. The Labute approximate surface area is 120 Å². The molecular weight excluding hydrogens is 367 g/mol. The van der Waals surface area contributed by atoms with Crippen molar-refractivity contribution in [3.63, 3.8) is 0 Å². The summed E-state index contributed by atoms with van der Waals surface area (Å²) in [6.45, 7) is 0.430. The molecule has 2 aromatic rings. The first-order valence-electron chi connectivity index (χ1n) is 5.06. The Hall–Kier alpha value is -1.14. The summed E-state index contributed by atoms with van der Waals surface area (Å²) in [6, 6.07) is 4.64. The average Bonchev–Trinajstić information content (AvgIpc) is 2.24. The lowest BCUT2D eigenvalue weighted by Crippen LogP contribution is -2.13. The van der Waals surface area contributed by atoms with Gasteiger partial charge in [0.25, 0.3) is 0 Å². The number of aromatic nitrogens is 1. The Morgan fingerprint density at radius 1 is 1.22 bits per heavy atom. The third-order valence-electron chi connectivity index (χ3n) is 2.35. The third kappa shape index (κ3) is 3.00. The van der Waals surface area contributed by atoms with Crippen LogP contribution in [-0.2, 0) is 6.54 Å². The predicted octanol–water partition coefficient (Wildman–Crippen LogP) is 3.14. The van der Waals surface area contributed by atoms with Crippen LogP contribution >= 0.6 is 31.9 Å². The molecule has 1 aromatic heterocycles. The molecule has 0 aliphatic rings. The monoisotopic (exact) mass is 374 g/mol. The van der Waals surface area contributed by atoms with Crippen LogP contribution < -0.4 is 11.2 Å². The van der Waals surface area contributed by atoms with Crippen LogP contribution in [0.3, 0.4) is 0 Å². The smallest absolute Gasteiger partial charge is 0.218 e. The van der Waals surface area contributed by atoms with Gasteiger partial charge in [-0.05, 0) is 39.7 Å². The first-order valence-corrected chi connectivity index (χ1v) is 6.64. The second kappa shape index (κ2) is 5.24. The van der Waals surface area contributed by atoms with Gasteiger partial charge in [0.05, 0.1) is 10.2 Å². The summed E-state index contributed by atoms with van der Waals surface area (Å²) in [4.78, 5) is 11.4. The van der Waals surface area contributed by atoms with Crippen LogP contribution in [0, 0.1) is 5.82 Å². The van der Waals surface area contributed by atoms with E-state index in [1.54, 1.807) is 10.8 Å². The van der Waals surface area contributed by atoms with Crippen molar-refractivity contribution < 1.29 is 4.39 Å². The van der Waals surface area contributed by atoms with E-state index >= 15 is 0 Å². The highest BCUT2D eigenvalue weighted by Gasteiger charge is 2.04. The van der Waals surface area contributed by atoms with E-state index in [2.05, 4.69) is 31.9 Å². The van der Waals surface area contributed by atoms with Crippen molar-refractivity contribution in [3.05, 3.63) is 61.1 Å². The molecule has 2 rings (SSSR count). The number of nitrogen functional groups attached to an aromatic ring is 1. The van der Waals surface area contributed by atoms with E-state index < -0.39 is 0 Å². The number of nitrogens with two attached hydrogens (primary N) is 1. The number of pyridine rings is 1. The Kier molecular flexibility index (Phi) is 3.87. The number of benzene rings is 1. The minimum absolute atomic E-state index is 0.153. The molecule has 0 aliphatic heterocycles. The lowest BCUT2D eigenvalue weighted by atomic mass is 10.2. The second-order valence-corrected chi connectivity index (χ2v) is 5.61. The van der Waals surface area contributed by atoms with E-state index in [1.807, 2.05) is 6.07 Å². The van der Waals surface area contributed by atoms with E-state index in [0.717, 1.165) is 5.56 Å². The van der Waals surface area contributed by atoms with E-state index in [9.17, 15) is 9.18 Å². The fourth-order valence-corrected chi connectivity index (χ4v) is 2.63. The molecule has 0 saturated heterocycles. The van der Waals surface area contributed by atoms with Crippen molar-refractivity contribution in [3.8, 4) is 0 Å². The number of anilines is 1. The van der Waals surface area contributed by atoms with Crippen molar-refractivity contribution in [1.29, 1.82) is 0 Å². The van der Waals surface area contributed by atoms with Crippen LogP contribution in [-0.4, -0.2) is 4.57 Å². The molecular formula is C12H9Br2FN2O. The molecule has 1 heterocycles. The third-order valence-corrected chi connectivity index (χ3v) is 3.37. The van der Waals surface area contributed by atoms with Crippen LogP contribution in [0.5, 0.6) is 0 Å². The standard InChI is InChI=1S/C12H9Br2FN2O/c13-8-1-7(2-9(15)3-8)4-17-5-10(14)12(18)11(16)6-17/h1-3,5-6H,4,16H2. The van der Waals surface area contributed by atoms with Crippen LogP contribution in [0.25, 0.3) is 0 Å². The van der Waals surface area contributed by atoms with Crippen molar-refractivity contribution in [2.75, 3.05) is 5.73 Å². The minimum Gasteiger partial charge on any atom is -0.394 e. The van der Waals surface area contributed by atoms with Crippen LogP contribution in [0.4, 0.5) is 10.1 Å². The van der Waals surface area contributed by atoms with Gasteiger partial charge in [0.15, 0.2) is 0 Å². The predicted molar refractivity (Wildman–Crippen MR) is 76.0 cm³/mol. The summed E-state index contributed by atoms with van der Waals surface area (Å²) < 4.78 is 16.0. The summed E-state index contributed by atoms with van der Waals surface area (Å²) in [6.07, 6.45) is 3.16. The van der Waals surface area contributed by atoms with Gasteiger partial charge in [-0.15, -0.1) is 0 Å². The van der Waals surface area contributed by atoms with Crippen molar-refractivity contribution in [2.45, 2.75) is 6.54 Å². The highest BCUT2D eigenvalue weighted by molar-refractivity contribution is 9.10. The van der Waals surface area contributed by atoms with E-state index in [-0.39, 0.29) is 16.9 Å². The lowest BCUT2D eigenvalue weighted by Gasteiger charge is -2.09. The highest BCUT2D eigenvalue weighted by Crippen LogP contribution is 2.16. The summed E-state index contributed by atoms with van der Waals surface area (Å²) in [7, 11) is 0. The maximum absolute atomic E-state index is 13.2. The highest BCUT2D eigenvalue weighted by atomic mass is 79.9. The molecule has 2 N–H and O–H groups in total. The fourth-order valence-electron chi connectivity index (χ4n) is 1.62.